The van der Waals surface area contributed by atoms with Gasteiger partial charge in [0.15, 0.2) is 0 Å². The van der Waals surface area contributed by atoms with Crippen LogP contribution in [0.4, 0.5) is 19.2 Å². The van der Waals surface area contributed by atoms with Crippen molar-refractivity contribution in [2.24, 2.45) is 0 Å². The molecule has 0 aliphatic heterocycles. The smallest absolute Gasteiger partial charge is 0.530 e. The molecule has 0 fully saturated rings. The first-order valence-corrected chi connectivity index (χ1v) is 13.8. The molecule has 0 unspecified atom stereocenters. The molecule has 13 heteroatoms. The molecule has 0 aliphatic carbocycles. The van der Waals surface area contributed by atoms with Crippen molar-refractivity contribution >= 4 is 24.4 Å². The number of hydrogen-bond donors (Lipinski definition) is 0. The van der Waals surface area contributed by atoms with Gasteiger partial charge in [-0.15, -0.1) is 0 Å². The van der Waals surface area contributed by atoms with Crippen LogP contribution in [0, 0.1) is 0 Å². The van der Waals surface area contributed by atoms with Crippen molar-refractivity contribution in [1.82, 2.24) is 19.6 Å². The van der Waals surface area contributed by atoms with Crippen molar-refractivity contribution in [3.05, 3.63) is 0 Å². The molecule has 4 amide bonds. The summed E-state index contributed by atoms with van der Waals surface area (Å²) < 4.78 is 0. The van der Waals surface area contributed by atoms with Crippen LogP contribution in [0.5, 0.6) is 0 Å². The Morgan fingerprint density at radius 3 is 0.390 bits per heavy atom. The van der Waals surface area contributed by atoms with Gasteiger partial charge in [0.05, 0.1) is 0 Å². The van der Waals surface area contributed by atoms with Crippen LogP contribution in [0.2, 0.25) is 0 Å². The molecule has 0 aromatic rings. The second kappa shape index (κ2) is 24.4. The zero-order valence-electron chi connectivity index (χ0n) is 28.1. The number of carbonyl (C=O) groups is 4. The summed E-state index contributed by atoms with van der Waals surface area (Å²) in [7, 11) is 0. The van der Waals surface area contributed by atoms with Crippen LogP contribution in [0.15, 0.2) is 0 Å². The third-order valence-electron chi connectivity index (χ3n) is 5.29. The Kier molecular flexibility index (Phi) is 28.8. The molecular formula is C28H56MoN4O8. The van der Waals surface area contributed by atoms with Gasteiger partial charge in [0, 0.05) is 48.3 Å². The maximum absolute atomic E-state index is 10.4. The molecule has 0 radical (unpaired) electrons. The molecule has 41 heavy (non-hydrogen) atoms. The van der Waals surface area contributed by atoms with Crippen molar-refractivity contribution in [2.75, 3.05) is 0 Å². The van der Waals surface area contributed by atoms with Crippen LogP contribution >= 0.6 is 0 Å². The molecule has 0 bridgehead atoms. The summed E-state index contributed by atoms with van der Waals surface area (Å²) in [5, 5.41) is 41.6. The van der Waals surface area contributed by atoms with Crippen molar-refractivity contribution in [3.63, 3.8) is 0 Å². The molecule has 0 aliphatic rings. The largest absolute Gasteiger partial charge is 4.00 e. The maximum Gasteiger partial charge on any atom is 4.00 e. The summed E-state index contributed by atoms with van der Waals surface area (Å²) in [6, 6.07) is 0.0370. The van der Waals surface area contributed by atoms with Crippen LogP contribution < -0.4 is 20.4 Å². The summed E-state index contributed by atoms with van der Waals surface area (Å²) in [5.41, 5.74) is 0. The molecule has 0 aromatic heterocycles. The average molecular weight is 673 g/mol. The standard InChI is InChI=1S/4C7H15NO2.Mo/c4*1-5(2)8(6(3)4)7(9)10;/h4*5-6H,1-4H3,(H,9,10);/q;;;;+4/p-4. The van der Waals surface area contributed by atoms with Gasteiger partial charge in [-0.3, -0.25) is 0 Å². The van der Waals surface area contributed by atoms with E-state index in [0.29, 0.717) is 0 Å². The molecule has 0 N–H and O–H groups in total. The van der Waals surface area contributed by atoms with Gasteiger partial charge in [0.25, 0.3) is 0 Å². The van der Waals surface area contributed by atoms with Gasteiger partial charge in [0.1, 0.15) is 24.4 Å². The monoisotopic (exact) mass is 674 g/mol. The molecule has 0 saturated carbocycles. The third-order valence-corrected chi connectivity index (χ3v) is 5.29. The summed E-state index contributed by atoms with van der Waals surface area (Å²) in [4.78, 5) is 46.8. The van der Waals surface area contributed by atoms with Crippen LogP contribution in [-0.2, 0) is 21.1 Å². The first-order valence-electron chi connectivity index (χ1n) is 13.8. The van der Waals surface area contributed by atoms with Crippen LogP contribution in [0.1, 0.15) is 111 Å². The SMILES string of the molecule is CC(C)N(C(=O)[O-])C(C)C.CC(C)N(C(=O)[O-])C(C)C.CC(C)N(C(=O)[O-])C(C)C.CC(C)N(C(=O)[O-])C(C)C.[Mo+4]. The Bertz CT molecular complexity index is 578. The van der Waals surface area contributed by atoms with E-state index in [0.717, 1.165) is 0 Å². The fraction of sp³-hybridized carbons (Fsp3) is 0.857. The Hall–Kier alpha value is -2.23. The van der Waals surface area contributed by atoms with E-state index >= 15 is 0 Å². The molecule has 0 spiro atoms. The van der Waals surface area contributed by atoms with E-state index in [-0.39, 0.29) is 69.4 Å². The van der Waals surface area contributed by atoms with Crippen molar-refractivity contribution in [2.45, 2.75) is 159 Å². The molecule has 0 rings (SSSR count). The minimum absolute atomic E-state index is 0. The van der Waals surface area contributed by atoms with Gasteiger partial charge in [-0.05, 0) is 111 Å². The molecule has 12 nitrogen and oxygen atoms in total. The minimum atomic E-state index is -1.09. The molecule has 0 aromatic carbocycles. The van der Waals surface area contributed by atoms with E-state index in [1.165, 1.54) is 19.6 Å². The number of carboxylic acid groups (broad SMARTS) is 4. The minimum Gasteiger partial charge on any atom is -0.530 e. The topological polar surface area (TPSA) is 173 Å². The Morgan fingerprint density at radius 1 is 0.317 bits per heavy atom. The number of hydrogen-bond acceptors (Lipinski definition) is 8. The summed E-state index contributed by atoms with van der Waals surface area (Å²) in [5.74, 6) is 0. The summed E-state index contributed by atoms with van der Waals surface area (Å²) >= 11 is 0. The fourth-order valence-electron chi connectivity index (χ4n) is 4.07. The van der Waals surface area contributed by atoms with Gasteiger partial charge in [-0.1, -0.05) is 0 Å². The van der Waals surface area contributed by atoms with Crippen molar-refractivity contribution in [1.29, 1.82) is 0 Å². The Balaban J connectivity index is -0.000000139. The van der Waals surface area contributed by atoms with E-state index in [2.05, 4.69) is 0 Å². The molecular weight excluding hydrogens is 616 g/mol. The average Bonchev–Trinajstić information content (AvgIpc) is 2.64. The second-order valence-electron chi connectivity index (χ2n) is 11.4. The molecule has 0 atom stereocenters. The Labute approximate surface area is 263 Å². The van der Waals surface area contributed by atoms with Gasteiger partial charge in [-0.2, -0.15) is 0 Å². The van der Waals surface area contributed by atoms with Crippen molar-refractivity contribution < 1.29 is 60.7 Å². The fourth-order valence-corrected chi connectivity index (χ4v) is 4.07. The number of rotatable bonds is 8. The van der Waals surface area contributed by atoms with E-state index in [1.807, 2.05) is 111 Å². The van der Waals surface area contributed by atoms with Crippen LogP contribution in [0.3, 0.4) is 0 Å². The van der Waals surface area contributed by atoms with E-state index in [4.69, 9.17) is 0 Å². The van der Waals surface area contributed by atoms with Gasteiger partial charge < -0.3 is 59.2 Å². The Morgan fingerprint density at radius 2 is 0.390 bits per heavy atom. The summed E-state index contributed by atoms with van der Waals surface area (Å²) in [6.45, 7) is 29.3. The first-order chi connectivity index (χ1) is 17.9. The van der Waals surface area contributed by atoms with E-state index in [9.17, 15) is 39.6 Å². The zero-order valence-corrected chi connectivity index (χ0v) is 30.1. The van der Waals surface area contributed by atoms with Gasteiger partial charge in [0.2, 0.25) is 0 Å². The van der Waals surface area contributed by atoms with Gasteiger partial charge in [-0.25, -0.2) is 0 Å². The molecule has 242 valence electrons. The predicted molar refractivity (Wildman–Crippen MR) is 150 cm³/mol. The normalized spacial score (nSPS) is 10.3. The quantitative estimate of drug-likeness (QED) is 0.351. The summed E-state index contributed by atoms with van der Waals surface area (Å²) in [6.07, 6.45) is -4.37. The van der Waals surface area contributed by atoms with Crippen molar-refractivity contribution in [3.8, 4) is 0 Å². The van der Waals surface area contributed by atoms with Crippen LogP contribution in [-0.4, -0.2) is 92.3 Å². The van der Waals surface area contributed by atoms with Crippen LogP contribution in [0.25, 0.3) is 0 Å². The molecule has 0 saturated heterocycles. The maximum atomic E-state index is 10.4. The third kappa shape index (κ3) is 23.1. The zero-order chi connectivity index (χ0) is 33.2. The van der Waals surface area contributed by atoms with E-state index in [1.54, 1.807) is 0 Å². The number of nitrogens with zero attached hydrogens (tertiary/aromatic N) is 4. The van der Waals surface area contributed by atoms with E-state index < -0.39 is 24.4 Å². The second-order valence-corrected chi connectivity index (χ2v) is 11.4. The number of carbonyl (C=O) groups excluding carboxylic acids is 4. The van der Waals surface area contributed by atoms with Gasteiger partial charge >= 0.3 is 21.1 Å². The number of amides is 4. The molecule has 0 heterocycles. The first kappa shape index (κ1) is 48.5. The predicted octanol–water partition coefficient (Wildman–Crippen LogP) is 1.79.